The number of phosphoric ester groups is 2. The number of nitrogens with one attached hydrogen (secondary N) is 2. The molecular weight excluding hydrogens is 819 g/mol. The number of H-pyrrole nitrogens is 2. The maximum Gasteiger partial charge on any atom is 0.490 e. The van der Waals surface area contributed by atoms with Crippen LogP contribution in [-0.4, -0.2) is 110 Å². The van der Waals surface area contributed by atoms with Crippen molar-refractivity contribution >= 4 is 40.6 Å². The van der Waals surface area contributed by atoms with E-state index >= 15 is 0 Å². The van der Waals surface area contributed by atoms with E-state index in [1.165, 1.54) is 10.9 Å². The molecule has 304 valence electrons. The van der Waals surface area contributed by atoms with Gasteiger partial charge in [-0.2, -0.15) is 13.6 Å². The molecule has 0 aliphatic carbocycles. The van der Waals surface area contributed by atoms with E-state index in [4.69, 9.17) is 29.2 Å². The van der Waals surface area contributed by atoms with Gasteiger partial charge in [0, 0.05) is 18.7 Å². The zero-order valence-electron chi connectivity index (χ0n) is 28.1. The molecular formula is C27H32N7O19P3. The SMILES string of the molecule is Nc1nc2c(ncn2[C@@H]2O[C@H](COP(=O)(O)OP(=O)(O)OP(=O)(O)OC[C@H]3O[C@@H](n4ccc(=O)[nH]c4=O)[C@H](O)[C@@H]3O)[C@@H]3OC(Cc4ccccc4)O[C@@H]32)c(=O)[nH]1. The lowest BCUT2D eigenvalue weighted by atomic mass is 10.1. The van der Waals surface area contributed by atoms with Crippen LogP contribution in [-0.2, 0) is 56.7 Å². The number of hydrogen-bond acceptors (Lipinski definition) is 19. The number of nitrogens with two attached hydrogens (primary N) is 1. The van der Waals surface area contributed by atoms with Gasteiger partial charge in [-0.1, -0.05) is 30.3 Å². The predicted molar refractivity (Wildman–Crippen MR) is 181 cm³/mol. The van der Waals surface area contributed by atoms with Gasteiger partial charge in [-0.15, -0.1) is 0 Å². The van der Waals surface area contributed by atoms with Crippen LogP contribution >= 0.6 is 23.5 Å². The number of hydrogen-bond donors (Lipinski definition) is 8. The molecule has 56 heavy (non-hydrogen) atoms. The maximum absolute atomic E-state index is 12.8. The lowest BCUT2D eigenvalue weighted by molar-refractivity contribution is -0.149. The number of anilines is 1. The van der Waals surface area contributed by atoms with E-state index < -0.39 is 109 Å². The number of aliphatic hydroxyl groups excluding tert-OH is 2. The van der Waals surface area contributed by atoms with Crippen molar-refractivity contribution in [3.8, 4) is 0 Å². The number of aromatic nitrogens is 6. The molecule has 0 spiro atoms. The van der Waals surface area contributed by atoms with Crippen molar-refractivity contribution < 1.29 is 75.2 Å². The first-order valence-corrected chi connectivity index (χ1v) is 20.6. The molecule has 4 aromatic rings. The molecule has 3 saturated heterocycles. The molecule has 0 amide bonds. The Morgan fingerprint density at radius 3 is 2.11 bits per heavy atom. The number of rotatable bonds is 14. The van der Waals surface area contributed by atoms with Crippen LogP contribution in [0, 0.1) is 0 Å². The molecule has 1 aromatic carbocycles. The second-order valence-corrected chi connectivity index (χ2v) is 17.0. The molecule has 9 N–H and O–H groups in total. The minimum atomic E-state index is -5.99. The molecule has 3 aromatic heterocycles. The monoisotopic (exact) mass is 851 g/mol. The Balaban J connectivity index is 0.991. The van der Waals surface area contributed by atoms with Crippen molar-refractivity contribution in [1.82, 2.24) is 29.1 Å². The molecule has 3 aliphatic heterocycles. The molecule has 0 saturated carbocycles. The summed E-state index contributed by atoms with van der Waals surface area (Å²) in [6, 6.07) is 10.00. The fourth-order valence-corrected chi connectivity index (χ4v) is 9.69. The average molecular weight is 852 g/mol. The summed E-state index contributed by atoms with van der Waals surface area (Å²) >= 11 is 0. The van der Waals surface area contributed by atoms with Crippen molar-refractivity contribution in [2.24, 2.45) is 0 Å². The smallest absolute Gasteiger partial charge is 0.387 e. The van der Waals surface area contributed by atoms with Gasteiger partial charge in [0.1, 0.15) is 36.6 Å². The van der Waals surface area contributed by atoms with Gasteiger partial charge in [0.25, 0.3) is 11.1 Å². The number of aliphatic hydroxyl groups is 2. The number of aromatic amines is 2. The van der Waals surface area contributed by atoms with Crippen molar-refractivity contribution in [1.29, 1.82) is 0 Å². The Hall–Kier alpha value is -3.78. The quantitative estimate of drug-likeness (QED) is 0.0668. The van der Waals surface area contributed by atoms with Crippen molar-refractivity contribution in [3.05, 3.63) is 85.7 Å². The van der Waals surface area contributed by atoms with Crippen LogP contribution in [0.25, 0.3) is 11.2 Å². The van der Waals surface area contributed by atoms with Gasteiger partial charge in [-0.25, -0.2) is 23.5 Å². The third-order valence-electron chi connectivity index (χ3n) is 8.55. The van der Waals surface area contributed by atoms with Gasteiger partial charge >= 0.3 is 29.2 Å². The summed E-state index contributed by atoms with van der Waals surface area (Å²) < 4.78 is 81.4. The minimum Gasteiger partial charge on any atom is -0.387 e. The second-order valence-electron chi connectivity index (χ2n) is 12.4. The average Bonchev–Trinajstić information content (AvgIpc) is 3.86. The molecule has 0 radical (unpaired) electrons. The van der Waals surface area contributed by atoms with Crippen LogP contribution in [0.3, 0.4) is 0 Å². The van der Waals surface area contributed by atoms with Gasteiger partial charge in [-0.3, -0.25) is 37.7 Å². The van der Waals surface area contributed by atoms with E-state index in [0.717, 1.165) is 17.8 Å². The molecule has 6 heterocycles. The Kier molecular flexibility index (Phi) is 11.2. The molecule has 29 heteroatoms. The normalized spacial score (nSPS) is 30.8. The van der Waals surface area contributed by atoms with Crippen LogP contribution in [0.1, 0.15) is 18.0 Å². The summed E-state index contributed by atoms with van der Waals surface area (Å²) in [4.78, 5) is 78.8. The van der Waals surface area contributed by atoms with Crippen LogP contribution in [0.2, 0.25) is 0 Å². The van der Waals surface area contributed by atoms with Crippen molar-refractivity contribution in [2.45, 2.75) is 61.8 Å². The molecule has 4 unspecified atom stereocenters. The summed E-state index contributed by atoms with van der Waals surface area (Å²) in [5.74, 6) is -0.228. The van der Waals surface area contributed by atoms with E-state index in [9.17, 15) is 53.0 Å². The first-order chi connectivity index (χ1) is 26.4. The number of ether oxygens (including phenoxy) is 4. The minimum absolute atomic E-state index is 0.00565. The molecule has 3 aliphatic rings. The zero-order chi connectivity index (χ0) is 40.2. The number of nitrogens with zero attached hydrogens (tertiary/aromatic N) is 4. The summed E-state index contributed by atoms with van der Waals surface area (Å²) in [7, 11) is -17.3. The third kappa shape index (κ3) is 8.71. The van der Waals surface area contributed by atoms with E-state index in [-0.39, 0.29) is 23.5 Å². The topological polar surface area (TPSA) is 371 Å². The lowest BCUT2D eigenvalue weighted by Gasteiger charge is -2.22. The highest BCUT2D eigenvalue weighted by Gasteiger charge is 2.55. The Labute approximate surface area is 311 Å². The van der Waals surface area contributed by atoms with Crippen LogP contribution < -0.4 is 22.5 Å². The van der Waals surface area contributed by atoms with Crippen LogP contribution in [0.5, 0.6) is 0 Å². The van der Waals surface area contributed by atoms with Gasteiger partial charge in [0.05, 0.1) is 19.5 Å². The van der Waals surface area contributed by atoms with Crippen LogP contribution in [0.15, 0.2) is 63.3 Å². The van der Waals surface area contributed by atoms with Crippen molar-refractivity contribution in [3.63, 3.8) is 0 Å². The molecule has 3 fully saturated rings. The Morgan fingerprint density at radius 2 is 1.43 bits per heavy atom. The van der Waals surface area contributed by atoms with Gasteiger partial charge in [-0.05, 0) is 5.56 Å². The predicted octanol–water partition coefficient (Wildman–Crippen LogP) is -1.51. The third-order valence-corrected chi connectivity index (χ3v) is 12.8. The van der Waals surface area contributed by atoms with E-state index in [1.807, 2.05) is 23.2 Å². The number of phosphoric acid groups is 3. The first kappa shape index (κ1) is 40.4. The van der Waals surface area contributed by atoms with E-state index in [1.54, 1.807) is 12.1 Å². The molecule has 7 rings (SSSR count). The summed E-state index contributed by atoms with van der Waals surface area (Å²) in [6.07, 6.45) is -9.72. The molecule has 0 bridgehead atoms. The standard InChI is InChI=1S/C27H32N7O19P3/c28-26-31-22-17(23(38)32-26)29-11-34(22)25-21-20(50-16(51-21)8-12-4-2-1-3-5-12)14(49-25)10-47-55(42,43)53-56(44,45)52-54(40,41)46-9-13-18(36)19(37)24(48-13)33-7-6-15(35)30-27(33)39/h1-7,11,13-14,16,18-21,24-25,36-37H,8-10H2,(H,40,41)(H,42,43)(H,44,45)(H,30,35,39)(H3,28,31,32,38)/t13-,14-,16?,18-,19-,20+,21+,24-,25-/m1/s1. The maximum atomic E-state index is 12.8. The van der Waals surface area contributed by atoms with E-state index in [2.05, 4.69) is 28.1 Å². The zero-order valence-corrected chi connectivity index (χ0v) is 30.8. The van der Waals surface area contributed by atoms with E-state index in [0.29, 0.717) is 4.57 Å². The summed E-state index contributed by atoms with van der Waals surface area (Å²) in [5, 5.41) is 20.6. The number of benzene rings is 1. The van der Waals surface area contributed by atoms with Crippen molar-refractivity contribution in [2.75, 3.05) is 18.9 Å². The largest absolute Gasteiger partial charge is 0.490 e. The number of nitrogen functional groups attached to an aromatic ring is 1. The van der Waals surface area contributed by atoms with Gasteiger partial charge in [0.15, 0.2) is 29.9 Å². The second kappa shape index (κ2) is 15.5. The fraction of sp³-hybridized carbons (Fsp3) is 0.444. The molecule has 12 atom stereocenters. The highest BCUT2D eigenvalue weighted by atomic mass is 31.3. The summed E-state index contributed by atoms with van der Waals surface area (Å²) in [6.45, 7) is -1.98. The first-order valence-electron chi connectivity index (χ1n) is 16.1. The fourth-order valence-electron chi connectivity index (χ4n) is 6.17. The highest BCUT2D eigenvalue weighted by molar-refractivity contribution is 7.66. The summed E-state index contributed by atoms with van der Waals surface area (Å²) in [5.41, 5.74) is 4.05. The Morgan fingerprint density at radius 1 is 0.786 bits per heavy atom. The molecule has 26 nitrogen and oxygen atoms in total. The Bertz CT molecular complexity index is 2410. The highest BCUT2D eigenvalue weighted by Crippen LogP contribution is 2.68. The number of imidazole rings is 1. The van der Waals surface area contributed by atoms with Crippen LogP contribution in [0.4, 0.5) is 5.95 Å². The van der Waals surface area contributed by atoms with Gasteiger partial charge < -0.3 is 49.6 Å². The van der Waals surface area contributed by atoms with Gasteiger partial charge in [0.2, 0.25) is 5.95 Å². The lowest BCUT2D eigenvalue weighted by Crippen LogP contribution is -2.37. The number of fused-ring (bicyclic) bond motifs is 2.